The van der Waals surface area contributed by atoms with E-state index in [1.807, 2.05) is 20.8 Å². The van der Waals surface area contributed by atoms with Gasteiger partial charge in [-0.1, -0.05) is 6.92 Å². The molecule has 0 saturated heterocycles. The maximum absolute atomic E-state index is 12.5. The molecular weight excluding hydrogens is 320 g/mol. The van der Waals surface area contributed by atoms with E-state index in [0.29, 0.717) is 55.1 Å². The van der Waals surface area contributed by atoms with Crippen molar-refractivity contribution < 1.29 is 23.9 Å². The van der Waals surface area contributed by atoms with Crippen LogP contribution in [0.5, 0.6) is 17.2 Å². The molecule has 2 N–H and O–H groups in total. The van der Waals surface area contributed by atoms with Gasteiger partial charge >= 0.3 is 0 Å². The lowest BCUT2D eigenvalue weighted by Gasteiger charge is -2.18. The summed E-state index contributed by atoms with van der Waals surface area (Å²) < 4.78 is 17.0. The summed E-state index contributed by atoms with van der Waals surface area (Å²) in [6, 6.07) is 3.43. The van der Waals surface area contributed by atoms with E-state index in [4.69, 9.17) is 14.2 Å². The zero-order valence-electron chi connectivity index (χ0n) is 16.4. The van der Waals surface area contributed by atoms with Crippen LogP contribution in [-0.4, -0.2) is 52.9 Å². The molecular formula is C19H33N2O4+. The maximum atomic E-state index is 12.5. The molecule has 0 aliphatic heterocycles. The Labute approximate surface area is 151 Å². The second kappa shape index (κ2) is 10.8. The number of quaternary nitrogens is 1. The summed E-state index contributed by atoms with van der Waals surface area (Å²) in [4.78, 5) is 13.9. The van der Waals surface area contributed by atoms with Gasteiger partial charge < -0.3 is 24.4 Å². The summed E-state index contributed by atoms with van der Waals surface area (Å²) >= 11 is 0. The number of ether oxygens (including phenoxy) is 3. The Kier molecular flexibility index (Phi) is 9.13. The van der Waals surface area contributed by atoms with Crippen LogP contribution >= 0.6 is 0 Å². The van der Waals surface area contributed by atoms with E-state index in [-0.39, 0.29) is 5.91 Å². The third-order valence-corrected chi connectivity index (χ3v) is 3.54. The molecule has 6 heteroatoms. The van der Waals surface area contributed by atoms with Crippen molar-refractivity contribution in [3.63, 3.8) is 0 Å². The second-order valence-corrected chi connectivity index (χ2v) is 6.33. The highest BCUT2D eigenvalue weighted by atomic mass is 16.5. The Morgan fingerprint density at radius 2 is 1.56 bits per heavy atom. The van der Waals surface area contributed by atoms with Crippen molar-refractivity contribution in [2.75, 3.05) is 47.0 Å². The van der Waals surface area contributed by atoms with Crippen molar-refractivity contribution in [2.45, 2.75) is 27.7 Å². The fraction of sp³-hybridized carbons (Fsp3) is 0.632. The van der Waals surface area contributed by atoms with Crippen molar-refractivity contribution in [3.05, 3.63) is 17.7 Å². The van der Waals surface area contributed by atoms with Crippen molar-refractivity contribution in [1.82, 2.24) is 5.32 Å². The number of hydrogen-bond acceptors (Lipinski definition) is 4. The van der Waals surface area contributed by atoms with Crippen LogP contribution in [0.2, 0.25) is 0 Å². The van der Waals surface area contributed by atoms with Gasteiger partial charge in [-0.2, -0.15) is 0 Å². The van der Waals surface area contributed by atoms with Gasteiger partial charge in [0, 0.05) is 18.0 Å². The topological polar surface area (TPSA) is 61.2 Å². The summed E-state index contributed by atoms with van der Waals surface area (Å²) in [5.74, 6) is 1.88. The highest BCUT2D eigenvalue weighted by molar-refractivity contribution is 5.95. The minimum Gasteiger partial charge on any atom is -0.490 e. The van der Waals surface area contributed by atoms with E-state index in [1.54, 1.807) is 12.1 Å². The maximum Gasteiger partial charge on any atom is 0.251 e. The van der Waals surface area contributed by atoms with E-state index in [9.17, 15) is 4.79 Å². The van der Waals surface area contributed by atoms with Crippen LogP contribution < -0.4 is 24.4 Å². The van der Waals surface area contributed by atoms with Gasteiger partial charge in [0.05, 0.1) is 40.5 Å². The lowest BCUT2D eigenvalue weighted by atomic mass is 10.1. The van der Waals surface area contributed by atoms with Crippen LogP contribution in [0.3, 0.4) is 0 Å². The van der Waals surface area contributed by atoms with Crippen molar-refractivity contribution in [3.8, 4) is 17.2 Å². The summed E-state index contributed by atoms with van der Waals surface area (Å²) in [6.07, 6.45) is 0. The van der Waals surface area contributed by atoms with Gasteiger partial charge in [-0.15, -0.1) is 0 Å². The first-order valence-corrected chi connectivity index (χ1v) is 9.06. The molecule has 1 aromatic carbocycles. The van der Waals surface area contributed by atoms with Crippen LogP contribution in [0.1, 0.15) is 38.1 Å². The number of rotatable bonds is 11. The molecule has 0 heterocycles. The lowest BCUT2D eigenvalue weighted by Crippen LogP contribution is -3.06. The molecule has 6 nitrogen and oxygen atoms in total. The molecule has 0 unspecified atom stereocenters. The van der Waals surface area contributed by atoms with E-state index in [2.05, 4.69) is 26.3 Å². The molecule has 1 atom stereocenters. The summed E-state index contributed by atoms with van der Waals surface area (Å²) in [6.45, 7) is 10.9. The molecule has 0 aliphatic carbocycles. The largest absolute Gasteiger partial charge is 0.490 e. The van der Waals surface area contributed by atoms with Gasteiger partial charge in [0.15, 0.2) is 11.5 Å². The normalized spacial score (nSPS) is 12.0. The molecule has 25 heavy (non-hydrogen) atoms. The van der Waals surface area contributed by atoms with Gasteiger partial charge in [0.1, 0.15) is 0 Å². The average Bonchev–Trinajstić information content (AvgIpc) is 2.55. The standard InChI is InChI=1S/C19H32N2O4/c1-7-23-16-10-15(11-17(24-8-2)18(16)25-9-3)19(22)20-12-14(4)13-21(5)6/h10-11,14H,7-9,12-13H2,1-6H3,(H,20,22)/p+1/t14-/m0/s1. The number of carbonyl (C=O) groups is 1. The number of carbonyl (C=O) groups excluding carboxylic acids is 1. The molecule has 1 amide bonds. The van der Waals surface area contributed by atoms with Crippen LogP contribution in [0.15, 0.2) is 12.1 Å². The van der Waals surface area contributed by atoms with Crippen molar-refractivity contribution in [2.24, 2.45) is 5.92 Å². The minimum atomic E-state index is -0.134. The van der Waals surface area contributed by atoms with E-state index in [0.717, 1.165) is 6.54 Å². The van der Waals surface area contributed by atoms with Crippen LogP contribution in [0, 0.1) is 5.92 Å². The Bertz CT molecular complexity index is 519. The fourth-order valence-corrected chi connectivity index (χ4v) is 2.66. The highest BCUT2D eigenvalue weighted by Gasteiger charge is 2.19. The predicted molar refractivity (Wildman–Crippen MR) is 99.1 cm³/mol. The first kappa shape index (κ1) is 21.1. The number of benzene rings is 1. The van der Waals surface area contributed by atoms with Crippen LogP contribution in [0.25, 0.3) is 0 Å². The Morgan fingerprint density at radius 3 is 2.00 bits per heavy atom. The smallest absolute Gasteiger partial charge is 0.251 e. The number of amides is 1. The molecule has 1 rings (SSSR count). The summed E-state index contributed by atoms with van der Waals surface area (Å²) in [7, 11) is 4.21. The lowest BCUT2D eigenvalue weighted by molar-refractivity contribution is -0.861. The van der Waals surface area contributed by atoms with E-state index >= 15 is 0 Å². The van der Waals surface area contributed by atoms with E-state index in [1.165, 1.54) is 4.90 Å². The monoisotopic (exact) mass is 353 g/mol. The Morgan fingerprint density at radius 1 is 1.04 bits per heavy atom. The summed E-state index contributed by atoms with van der Waals surface area (Å²) in [5, 5.41) is 2.99. The second-order valence-electron chi connectivity index (χ2n) is 6.33. The SMILES string of the molecule is CCOc1cc(C(=O)NC[C@H](C)C[NH+](C)C)cc(OCC)c1OCC. The van der Waals surface area contributed by atoms with Gasteiger partial charge in [0.25, 0.3) is 5.91 Å². The highest BCUT2D eigenvalue weighted by Crippen LogP contribution is 2.39. The van der Waals surface area contributed by atoms with Crippen LogP contribution in [0.4, 0.5) is 0 Å². The van der Waals surface area contributed by atoms with Crippen LogP contribution in [-0.2, 0) is 0 Å². The molecule has 0 spiro atoms. The average molecular weight is 353 g/mol. The predicted octanol–water partition coefficient (Wildman–Crippen LogP) is 1.39. The molecule has 1 aromatic rings. The van der Waals surface area contributed by atoms with Gasteiger partial charge in [-0.25, -0.2) is 0 Å². The van der Waals surface area contributed by atoms with E-state index < -0.39 is 0 Å². The zero-order valence-corrected chi connectivity index (χ0v) is 16.4. The molecule has 0 bridgehead atoms. The quantitative estimate of drug-likeness (QED) is 0.631. The molecule has 0 saturated carbocycles. The molecule has 0 radical (unpaired) electrons. The molecule has 0 aliphatic rings. The van der Waals surface area contributed by atoms with Gasteiger partial charge in [0.2, 0.25) is 5.75 Å². The molecule has 0 aromatic heterocycles. The van der Waals surface area contributed by atoms with Crippen molar-refractivity contribution in [1.29, 1.82) is 0 Å². The van der Waals surface area contributed by atoms with Crippen molar-refractivity contribution >= 4 is 5.91 Å². The first-order chi connectivity index (χ1) is 11.9. The molecule has 142 valence electrons. The Hall–Kier alpha value is -1.95. The third-order valence-electron chi connectivity index (χ3n) is 3.54. The van der Waals surface area contributed by atoms with Gasteiger partial charge in [-0.05, 0) is 32.9 Å². The minimum absolute atomic E-state index is 0.134. The zero-order chi connectivity index (χ0) is 18.8. The van der Waals surface area contributed by atoms with Gasteiger partial charge in [-0.3, -0.25) is 4.79 Å². The number of hydrogen-bond donors (Lipinski definition) is 2. The fourth-order valence-electron chi connectivity index (χ4n) is 2.66. The first-order valence-electron chi connectivity index (χ1n) is 9.06. The number of nitrogens with one attached hydrogen (secondary N) is 2. The Balaban J connectivity index is 2.99. The molecule has 0 fully saturated rings. The third kappa shape index (κ3) is 6.82. The summed E-state index contributed by atoms with van der Waals surface area (Å²) in [5.41, 5.74) is 0.514.